The minimum Gasteiger partial charge on any atom is -0.491 e. The number of para-hydroxylation sites is 2. The smallest absolute Gasteiger partial charge is 0.142 e. The highest BCUT2D eigenvalue weighted by Crippen LogP contribution is 2.37. The van der Waals surface area contributed by atoms with Crippen LogP contribution in [0.5, 0.6) is 5.75 Å². The summed E-state index contributed by atoms with van der Waals surface area (Å²) >= 11 is 0. The quantitative estimate of drug-likeness (QED) is 0.909. The van der Waals surface area contributed by atoms with Crippen LogP contribution in [-0.4, -0.2) is 22.9 Å². The number of ether oxygens (including phenoxy) is 1. The van der Waals surface area contributed by atoms with Gasteiger partial charge in [0.1, 0.15) is 11.6 Å². The van der Waals surface area contributed by atoms with Crippen molar-refractivity contribution in [1.82, 2.24) is 9.78 Å². The van der Waals surface area contributed by atoms with Crippen LogP contribution in [-0.2, 0) is 13.6 Å². The van der Waals surface area contributed by atoms with Crippen LogP contribution in [0.4, 0.5) is 11.5 Å². The minimum atomic E-state index is 0.495. The van der Waals surface area contributed by atoms with E-state index in [1.165, 1.54) is 0 Å². The molecule has 0 unspecified atom stereocenters. The zero-order chi connectivity index (χ0) is 14.1. The lowest BCUT2D eigenvalue weighted by Crippen LogP contribution is -2.22. The maximum atomic E-state index is 5.92. The third-order valence-corrected chi connectivity index (χ3v) is 3.71. The monoisotopic (exact) mass is 272 g/mol. The molecule has 0 amide bonds. The van der Waals surface area contributed by atoms with Gasteiger partial charge in [-0.05, 0) is 25.5 Å². The standard InChI is InChI=1S/C15H20N4O/c1-11-12(10-16)15(18(2)17-11)19-8-5-9-20-14-7-4-3-6-13(14)19/h3-4,6-7H,5,8-10,16H2,1-2H3. The Morgan fingerprint density at radius 1 is 1.35 bits per heavy atom. The third kappa shape index (κ3) is 2.04. The Kier molecular flexibility index (Phi) is 3.36. The number of aromatic nitrogens is 2. The normalized spacial score (nSPS) is 14.7. The average Bonchev–Trinajstić information content (AvgIpc) is 2.63. The van der Waals surface area contributed by atoms with Crippen molar-refractivity contribution in [3.05, 3.63) is 35.5 Å². The Morgan fingerprint density at radius 3 is 2.95 bits per heavy atom. The minimum absolute atomic E-state index is 0.495. The maximum absolute atomic E-state index is 5.92. The molecule has 0 fully saturated rings. The lowest BCUT2D eigenvalue weighted by molar-refractivity contribution is 0.322. The summed E-state index contributed by atoms with van der Waals surface area (Å²) in [6.07, 6.45) is 0.975. The number of fused-ring (bicyclic) bond motifs is 1. The maximum Gasteiger partial charge on any atom is 0.142 e. The van der Waals surface area contributed by atoms with Crippen LogP contribution in [0.2, 0.25) is 0 Å². The summed E-state index contributed by atoms with van der Waals surface area (Å²) in [5.41, 5.74) is 9.10. The van der Waals surface area contributed by atoms with Gasteiger partial charge in [-0.2, -0.15) is 5.10 Å². The second-order valence-electron chi connectivity index (χ2n) is 5.04. The highest BCUT2D eigenvalue weighted by Gasteiger charge is 2.23. The molecule has 5 nitrogen and oxygen atoms in total. The number of anilines is 2. The zero-order valence-electron chi connectivity index (χ0n) is 12.0. The van der Waals surface area contributed by atoms with Gasteiger partial charge in [-0.25, -0.2) is 0 Å². The lowest BCUT2D eigenvalue weighted by Gasteiger charge is -2.25. The Labute approximate surface area is 118 Å². The molecule has 1 aromatic heterocycles. The Balaban J connectivity index is 2.15. The molecule has 0 aliphatic carbocycles. The summed E-state index contributed by atoms with van der Waals surface area (Å²) in [6.45, 7) is 4.14. The topological polar surface area (TPSA) is 56.3 Å². The summed E-state index contributed by atoms with van der Waals surface area (Å²) < 4.78 is 7.73. The van der Waals surface area contributed by atoms with Crippen LogP contribution in [0.3, 0.4) is 0 Å². The summed E-state index contributed by atoms with van der Waals surface area (Å²) in [5, 5.41) is 4.51. The van der Waals surface area contributed by atoms with Gasteiger partial charge in [-0.1, -0.05) is 12.1 Å². The highest BCUT2D eigenvalue weighted by atomic mass is 16.5. The van der Waals surface area contributed by atoms with Crippen LogP contribution in [0.1, 0.15) is 17.7 Å². The van der Waals surface area contributed by atoms with Crippen molar-refractivity contribution in [2.24, 2.45) is 12.8 Å². The molecule has 0 saturated heterocycles. The molecule has 0 bridgehead atoms. The van der Waals surface area contributed by atoms with Crippen LogP contribution in [0.25, 0.3) is 0 Å². The second kappa shape index (κ2) is 5.17. The fourth-order valence-electron chi connectivity index (χ4n) is 2.81. The largest absolute Gasteiger partial charge is 0.491 e. The van der Waals surface area contributed by atoms with Gasteiger partial charge in [-0.15, -0.1) is 0 Å². The van der Waals surface area contributed by atoms with Gasteiger partial charge in [0.2, 0.25) is 0 Å². The summed E-state index contributed by atoms with van der Waals surface area (Å²) in [7, 11) is 1.97. The van der Waals surface area contributed by atoms with Crippen molar-refractivity contribution >= 4 is 11.5 Å². The van der Waals surface area contributed by atoms with Crippen molar-refractivity contribution in [2.45, 2.75) is 19.9 Å². The second-order valence-corrected chi connectivity index (χ2v) is 5.04. The van der Waals surface area contributed by atoms with Crippen molar-refractivity contribution < 1.29 is 4.74 Å². The first-order valence-electron chi connectivity index (χ1n) is 6.94. The number of hydrogen-bond donors (Lipinski definition) is 1. The molecule has 0 spiro atoms. The number of aryl methyl sites for hydroxylation is 2. The van der Waals surface area contributed by atoms with Crippen molar-refractivity contribution in [1.29, 1.82) is 0 Å². The Morgan fingerprint density at radius 2 is 2.15 bits per heavy atom. The molecular formula is C15H20N4O. The molecular weight excluding hydrogens is 252 g/mol. The van der Waals surface area contributed by atoms with Crippen molar-refractivity contribution in [2.75, 3.05) is 18.1 Å². The predicted octanol–water partition coefficient (Wildman–Crippen LogP) is 2.11. The molecule has 5 heteroatoms. The SMILES string of the molecule is Cc1nn(C)c(N2CCCOc3ccccc32)c1CN. The fourth-order valence-corrected chi connectivity index (χ4v) is 2.81. The molecule has 106 valence electrons. The molecule has 1 aliphatic heterocycles. The first kappa shape index (κ1) is 13.0. The van der Waals surface area contributed by atoms with Crippen LogP contribution < -0.4 is 15.4 Å². The van der Waals surface area contributed by atoms with E-state index in [1.54, 1.807) is 0 Å². The lowest BCUT2D eigenvalue weighted by atomic mass is 10.2. The van der Waals surface area contributed by atoms with Crippen LogP contribution in [0.15, 0.2) is 24.3 Å². The average molecular weight is 272 g/mol. The van der Waals surface area contributed by atoms with Crippen LogP contribution in [0, 0.1) is 6.92 Å². The number of benzene rings is 1. The molecule has 3 rings (SSSR count). The van der Waals surface area contributed by atoms with E-state index in [2.05, 4.69) is 16.1 Å². The first-order chi connectivity index (χ1) is 9.72. The summed E-state index contributed by atoms with van der Waals surface area (Å²) in [4.78, 5) is 2.27. The summed E-state index contributed by atoms with van der Waals surface area (Å²) in [6, 6.07) is 8.13. The zero-order valence-corrected chi connectivity index (χ0v) is 12.0. The van der Waals surface area contributed by atoms with E-state index in [9.17, 15) is 0 Å². The molecule has 20 heavy (non-hydrogen) atoms. The number of nitrogens with zero attached hydrogens (tertiary/aromatic N) is 3. The molecule has 0 atom stereocenters. The number of hydrogen-bond acceptors (Lipinski definition) is 4. The first-order valence-corrected chi connectivity index (χ1v) is 6.94. The van der Waals surface area contributed by atoms with Gasteiger partial charge in [0.15, 0.2) is 0 Å². The Hall–Kier alpha value is -2.01. The van der Waals surface area contributed by atoms with Crippen LogP contribution >= 0.6 is 0 Å². The van der Waals surface area contributed by atoms with Gasteiger partial charge in [0.25, 0.3) is 0 Å². The van der Waals surface area contributed by atoms with E-state index < -0.39 is 0 Å². The highest BCUT2D eigenvalue weighted by molar-refractivity contribution is 5.70. The van der Waals surface area contributed by atoms with Crippen molar-refractivity contribution in [3.8, 4) is 5.75 Å². The van der Waals surface area contributed by atoms with Gasteiger partial charge in [-0.3, -0.25) is 4.68 Å². The predicted molar refractivity (Wildman–Crippen MR) is 79.4 cm³/mol. The van der Waals surface area contributed by atoms with E-state index in [0.717, 1.165) is 48.1 Å². The molecule has 0 saturated carbocycles. The molecule has 1 aromatic carbocycles. The molecule has 2 N–H and O–H groups in total. The molecule has 2 heterocycles. The molecule has 1 aliphatic rings. The van der Waals surface area contributed by atoms with E-state index >= 15 is 0 Å². The third-order valence-electron chi connectivity index (χ3n) is 3.71. The Bertz CT molecular complexity index is 620. The van der Waals surface area contributed by atoms with Gasteiger partial charge >= 0.3 is 0 Å². The van der Waals surface area contributed by atoms with E-state index in [-0.39, 0.29) is 0 Å². The molecule has 2 aromatic rings. The molecule has 0 radical (unpaired) electrons. The van der Waals surface area contributed by atoms with Gasteiger partial charge < -0.3 is 15.4 Å². The van der Waals surface area contributed by atoms with Gasteiger partial charge in [0, 0.05) is 25.7 Å². The number of rotatable bonds is 2. The van der Waals surface area contributed by atoms with Gasteiger partial charge in [0.05, 0.1) is 18.0 Å². The van der Waals surface area contributed by atoms with Crippen molar-refractivity contribution in [3.63, 3.8) is 0 Å². The van der Waals surface area contributed by atoms with E-state index in [1.807, 2.05) is 36.9 Å². The fraction of sp³-hybridized carbons (Fsp3) is 0.400. The summed E-state index contributed by atoms with van der Waals surface area (Å²) in [5.74, 6) is 2.00. The van der Waals surface area contributed by atoms with E-state index in [4.69, 9.17) is 10.5 Å². The van der Waals surface area contributed by atoms with E-state index in [0.29, 0.717) is 6.54 Å². The number of nitrogens with two attached hydrogens (primary N) is 1.